The van der Waals surface area contributed by atoms with Gasteiger partial charge in [-0.25, -0.2) is 0 Å². The topological polar surface area (TPSA) is 68.2 Å². The molecule has 0 bridgehead atoms. The lowest BCUT2D eigenvalue weighted by atomic mass is 10.0. The first-order valence-electron chi connectivity index (χ1n) is 7.98. The third-order valence-corrected chi connectivity index (χ3v) is 4.53. The van der Waals surface area contributed by atoms with Crippen molar-refractivity contribution in [3.05, 3.63) is 63.0 Å². The van der Waals surface area contributed by atoms with E-state index in [2.05, 4.69) is 5.18 Å². The number of amides is 1. The quantitative estimate of drug-likeness (QED) is 0.655. The van der Waals surface area contributed by atoms with Crippen molar-refractivity contribution >= 4 is 23.2 Å². The van der Waals surface area contributed by atoms with Gasteiger partial charge < -0.3 is 14.4 Å². The largest absolute Gasteiger partial charge is 0.496 e. The first kappa shape index (κ1) is 19.9. The van der Waals surface area contributed by atoms with Gasteiger partial charge in [0.2, 0.25) is 0 Å². The van der Waals surface area contributed by atoms with E-state index in [0.29, 0.717) is 16.3 Å². The van der Waals surface area contributed by atoms with Crippen molar-refractivity contribution in [2.75, 3.05) is 21.3 Å². The Balaban J connectivity index is 2.38. The Labute approximate surface area is 157 Å². The molecule has 0 aliphatic carbocycles. The lowest BCUT2D eigenvalue weighted by Crippen LogP contribution is -2.29. The monoisotopic (exact) mass is 376 g/mol. The molecule has 0 aromatic heterocycles. The van der Waals surface area contributed by atoms with Crippen LogP contribution in [-0.2, 0) is 11.3 Å². The molecular weight excluding hydrogens is 356 g/mol. The molecule has 26 heavy (non-hydrogen) atoms. The van der Waals surface area contributed by atoms with E-state index in [1.807, 2.05) is 19.1 Å². The number of ether oxygens (including phenoxy) is 2. The number of halogens is 1. The molecular formula is C19H21ClN2O4. The summed E-state index contributed by atoms with van der Waals surface area (Å²) >= 11 is 5.92. The number of hydrogen-bond acceptors (Lipinski definition) is 5. The van der Waals surface area contributed by atoms with E-state index in [4.69, 9.17) is 21.1 Å². The normalized spacial score (nSPS) is 11.7. The molecule has 7 heteroatoms. The minimum absolute atomic E-state index is 0.0295. The molecule has 1 amide bonds. The highest BCUT2D eigenvalue weighted by Crippen LogP contribution is 2.32. The van der Waals surface area contributed by atoms with Gasteiger partial charge in [-0.1, -0.05) is 23.7 Å². The number of hydrogen-bond donors (Lipinski definition) is 0. The number of carbonyl (C=O) groups is 1. The molecule has 2 aromatic carbocycles. The Bertz CT molecular complexity index is 793. The van der Waals surface area contributed by atoms with Crippen LogP contribution in [0.25, 0.3) is 0 Å². The van der Waals surface area contributed by atoms with Crippen LogP contribution in [0.2, 0.25) is 5.02 Å². The molecule has 0 aliphatic heterocycles. The van der Waals surface area contributed by atoms with Crippen LogP contribution < -0.4 is 4.74 Å². The van der Waals surface area contributed by atoms with Crippen molar-refractivity contribution in [1.29, 1.82) is 0 Å². The van der Waals surface area contributed by atoms with Gasteiger partial charge in [-0.2, -0.15) is 0 Å². The minimum atomic E-state index is -0.318. The molecule has 0 heterocycles. The predicted octanol–water partition coefficient (Wildman–Crippen LogP) is 4.73. The van der Waals surface area contributed by atoms with Gasteiger partial charge in [-0.15, -0.1) is 4.91 Å². The number of methoxy groups -OCH3 is 2. The molecule has 138 valence electrons. The average Bonchev–Trinajstić information content (AvgIpc) is 2.66. The summed E-state index contributed by atoms with van der Waals surface area (Å²) in [5, 5.41) is 3.62. The SMILES string of the molecule is COCc1cc(C(=O)N(C)C(C)c2ccc(Cl)cc2)c(N=O)cc1OC. The molecule has 1 atom stereocenters. The Morgan fingerprint density at radius 3 is 2.42 bits per heavy atom. The summed E-state index contributed by atoms with van der Waals surface area (Å²) in [6.45, 7) is 2.15. The zero-order valence-electron chi connectivity index (χ0n) is 15.2. The lowest BCUT2D eigenvalue weighted by molar-refractivity contribution is 0.0743. The fraction of sp³-hybridized carbons (Fsp3) is 0.316. The third-order valence-electron chi connectivity index (χ3n) is 4.28. The van der Waals surface area contributed by atoms with Crippen LogP contribution in [-0.4, -0.2) is 32.1 Å². The molecule has 0 saturated carbocycles. The molecule has 0 fully saturated rings. The highest BCUT2D eigenvalue weighted by atomic mass is 35.5. The smallest absolute Gasteiger partial charge is 0.256 e. The summed E-state index contributed by atoms with van der Waals surface area (Å²) in [5.41, 5.74) is 1.83. The van der Waals surface area contributed by atoms with Gasteiger partial charge in [0.1, 0.15) is 11.4 Å². The summed E-state index contributed by atoms with van der Waals surface area (Å²) in [4.78, 5) is 25.8. The molecule has 2 rings (SSSR count). The van der Waals surface area contributed by atoms with Crippen molar-refractivity contribution < 1.29 is 14.3 Å². The highest BCUT2D eigenvalue weighted by Gasteiger charge is 2.24. The summed E-state index contributed by atoms with van der Waals surface area (Å²) in [6.07, 6.45) is 0. The molecule has 1 unspecified atom stereocenters. The van der Waals surface area contributed by atoms with Gasteiger partial charge in [0.25, 0.3) is 5.91 Å². The maximum atomic E-state index is 13.0. The van der Waals surface area contributed by atoms with Crippen LogP contribution >= 0.6 is 11.6 Å². The Morgan fingerprint density at radius 2 is 1.88 bits per heavy atom. The first-order valence-corrected chi connectivity index (χ1v) is 8.36. The van der Waals surface area contributed by atoms with Crippen LogP contribution in [0.3, 0.4) is 0 Å². The second kappa shape index (κ2) is 8.78. The van der Waals surface area contributed by atoms with E-state index < -0.39 is 0 Å². The van der Waals surface area contributed by atoms with Gasteiger partial charge in [0.05, 0.1) is 25.3 Å². The Morgan fingerprint density at radius 1 is 1.23 bits per heavy atom. The second-order valence-corrected chi connectivity index (χ2v) is 6.29. The van der Waals surface area contributed by atoms with E-state index >= 15 is 0 Å². The van der Waals surface area contributed by atoms with Crippen molar-refractivity contribution in [3.8, 4) is 5.75 Å². The summed E-state index contributed by atoms with van der Waals surface area (Å²) < 4.78 is 10.4. The molecule has 0 aliphatic rings. The molecule has 0 saturated heterocycles. The summed E-state index contributed by atoms with van der Waals surface area (Å²) in [7, 11) is 4.71. The summed E-state index contributed by atoms with van der Waals surface area (Å²) in [6, 6.07) is 10.1. The lowest BCUT2D eigenvalue weighted by Gasteiger charge is -2.26. The number of benzene rings is 2. The van der Waals surface area contributed by atoms with Crippen LogP contribution in [0.1, 0.15) is 34.5 Å². The average molecular weight is 377 g/mol. The minimum Gasteiger partial charge on any atom is -0.496 e. The molecule has 6 nitrogen and oxygen atoms in total. The second-order valence-electron chi connectivity index (χ2n) is 5.85. The number of rotatable bonds is 7. The number of carbonyl (C=O) groups excluding carboxylic acids is 1. The standard InChI is InChI=1S/C19H21ClN2O4/c1-12(13-5-7-15(20)8-6-13)22(2)19(23)16-9-14(11-25-3)18(26-4)10-17(16)21-24/h5-10,12H,11H2,1-4H3. The van der Waals surface area contributed by atoms with Crippen molar-refractivity contribution in [2.45, 2.75) is 19.6 Å². The van der Waals surface area contributed by atoms with Crippen LogP contribution in [0.5, 0.6) is 5.75 Å². The van der Waals surface area contributed by atoms with E-state index in [9.17, 15) is 9.70 Å². The Kier molecular flexibility index (Phi) is 6.71. The van der Waals surface area contributed by atoms with E-state index in [0.717, 1.165) is 5.56 Å². The van der Waals surface area contributed by atoms with Gasteiger partial charge in [-0.05, 0) is 35.9 Å². The van der Waals surface area contributed by atoms with Crippen molar-refractivity contribution in [1.82, 2.24) is 4.90 Å². The van der Waals surface area contributed by atoms with Gasteiger partial charge in [0, 0.05) is 30.8 Å². The number of nitroso groups, excluding NO2 is 1. The highest BCUT2D eigenvalue weighted by molar-refractivity contribution is 6.30. The third kappa shape index (κ3) is 4.20. The van der Waals surface area contributed by atoms with Crippen LogP contribution in [0.15, 0.2) is 41.6 Å². The fourth-order valence-electron chi connectivity index (χ4n) is 2.65. The predicted molar refractivity (Wildman–Crippen MR) is 101 cm³/mol. The van der Waals surface area contributed by atoms with Gasteiger partial charge >= 0.3 is 0 Å². The number of nitrogens with zero attached hydrogens (tertiary/aromatic N) is 2. The van der Waals surface area contributed by atoms with E-state index in [1.54, 1.807) is 37.3 Å². The zero-order valence-corrected chi connectivity index (χ0v) is 15.9. The molecule has 0 radical (unpaired) electrons. The maximum Gasteiger partial charge on any atom is 0.256 e. The fourth-order valence-corrected chi connectivity index (χ4v) is 2.78. The molecule has 2 aromatic rings. The molecule has 0 spiro atoms. The van der Waals surface area contributed by atoms with Crippen molar-refractivity contribution in [2.24, 2.45) is 5.18 Å². The van der Waals surface area contributed by atoms with Gasteiger partial charge in [0.15, 0.2) is 0 Å². The zero-order chi connectivity index (χ0) is 19.3. The van der Waals surface area contributed by atoms with Crippen LogP contribution in [0.4, 0.5) is 5.69 Å². The van der Waals surface area contributed by atoms with E-state index in [1.165, 1.54) is 13.2 Å². The van der Waals surface area contributed by atoms with Crippen LogP contribution in [0, 0.1) is 4.91 Å². The molecule has 0 N–H and O–H groups in total. The van der Waals surface area contributed by atoms with Gasteiger partial charge in [-0.3, -0.25) is 4.79 Å². The summed E-state index contributed by atoms with van der Waals surface area (Å²) in [5.74, 6) is 0.133. The maximum absolute atomic E-state index is 13.0. The van der Waals surface area contributed by atoms with Crippen molar-refractivity contribution in [3.63, 3.8) is 0 Å². The first-order chi connectivity index (χ1) is 12.4. The Hall–Kier alpha value is -2.44. The van der Waals surface area contributed by atoms with E-state index in [-0.39, 0.29) is 29.8 Å².